The van der Waals surface area contributed by atoms with Crippen molar-refractivity contribution in [2.24, 2.45) is 0 Å². The number of anilines is 1. The quantitative estimate of drug-likeness (QED) is 0.382. The lowest BCUT2D eigenvalue weighted by molar-refractivity contribution is 0.0520. The smallest absolute Gasteiger partial charge is 0.359 e. The third-order valence-electron chi connectivity index (χ3n) is 5.54. The molecule has 8 heteroatoms. The SMILES string of the molecule is CCOC(=O)c1nn(-c2ccc(C(C)C)cc2)c(=O)c2c(NC(=O)c3ccccc3C)scc12. The fraction of sp³-hybridized carbons (Fsp3) is 0.231. The van der Waals surface area contributed by atoms with Crippen LogP contribution in [0, 0.1) is 6.92 Å². The van der Waals surface area contributed by atoms with Gasteiger partial charge in [0.15, 0.2) is 5.69 Å². The van der Waals surface area contributed by atoms with E-state index in [2.05, 4.69) is 24.3 Å². The van der Waals surface area contributed by atoms with E-state index in [4.69, 9.17) is 4.74 Å². The van der Waals surface area contributed by atoms with Gasteiger partial charge in [0, 0.05) is 16.3 Å². The second kappa shape index (κ2) is 9.61. The van der Waals surface area contributed by atoms with Crippen molar-refractivity contribution in [3.8, 4) is 5.69 Å². The van der Waals surface area contributed by atoms with Gasteiger partial charge < -0.3 is 10.1 Å². The number of amides is 1. The number of carbonyl (C=O) groups is 2. The van der Waals surface area contributed by atoms with E-state index in [1.807, 2.05) is 31.2 Å². The van der Waals surface area contributed by atoms with Gasteiger partial charge in [0.2, 0.25) is 0 Å². The Balaban J connectivity index is 1.87. The van der Waals surface area contributed by atoms with Gasteiger partial charge >= 0.3 is 5.97 Å². The fourth-order valence-electron chi connectivity index (χ4n) is 3.67. The molecule has 0 bridgehead atoms. The van der Waals surface area contributed by atoms with Crippen LogP contribution in [0.1, 0.15) is 58.7 Å². The number of carbonyl (C=O) groups excluding carboxylic acids is 2. The third kappa shape index (κ3) is 4.36. The molecular formula is C26H25N3O4S. The molecule has 4 aromatic rings. The minimum atomic E-state index is -0.630. The van der Waals surface area contributed by atoms with Crippen molar-refractivity contribution in [2.45, 2.75) is 33.6 Å². The highest BCUT2D eigenvalue weighted by atomic mass is 32.1. The maximum Gasteiger partial charge on any atom is 0.359 e. The minimum Gasteiger partial charge on any atom is -0.461 e. The van der Waals surface area contributed by atoms with Crippen LogP contribution in [-0.2, 0) is 4.74 Å². The Bertz CT molecular complexity index is 1430. The summed E-state index contributed by atoms with van der Waals surface area (Å²) in [5.41, 5.74) is 2.55. The number of hydrogen-bond acceptors (Lipinski definition) is 6. The zero-order valence-corrected chi connectivity index (χ0v) is 20.2. The average Bonchev–Trinajstić information content (AvgIpc) is 3.24. The Kier molecular flexibility index (Phi) is 6.61. The summed E-state index contributed by atoms with van der Waals surface area (Å²) in [5, 5.41) is 9.78. The van der Waals surface area contributed by atoms with Crippen molar-refractivity contribution in [3.05, 3.63) is 86.6 Å². The number of thiophene rings is 1. The number of benzene rings is 2. The van der Waals surface area contributed by atoms with E-state index in [9.17, 15) is 14.4 Å². The monoisotopic (exact) mass is 475 g/mol. The summed E-state index contributed by atoms with van der Waals surface area (Å²) in [7, 11) is 0. The maximum atomic E-state index is 13.6. The van der Waals surface area contributed by atoms with Gasteiger partial charge in [-0.3, -0.25) is 9.59 Å². The lowest BCUT2D eigenvalue weighted by atomic mass is 10.0. The summed E-state index contributed by atoms with van der Waals surface area (Å²) in [6.07, 6.45) is 0. The lowest BCUT2D eigenvalue weighted by Gasteiger charge is -2.11. The third-order valence-corrected chi connectivity index (χ3v) is 6.44. The molecule has 0 atom stereocenters. The van der Waals surface area contributed by atoms with Crippen LogP contribution in [0.15, 0.2) is 58.7 Å². The zero-order valence-electron chi connectivity index (χ0n) is 19.4. The van der Waals surface area contributed by atoms with E-state index in [1.54, 1.807) is 36.6 Å². The second-order valence-electron chi connectivity index (χ2n) is 8.15. The summed E-state index contributed by atoms with van der Waals surface area (Å²) >= 11 is 1.17. The molecule has 174 valence electrons. The number of hydrogen-bond donors (Lipinski definition) is 1. The molecule has 0 aliphatic carbocycles. The molecule has 0 saturated heterocycles. The number of nitrogens with one attached hydrogen (secondary N) is 1. The van der Waals surface area contributed by atoms with Gasteiger partial charge in [0.1, 0.15) is 5.00 Å². The standard InChI is InChI=1S/C26H25N3O4S/c1-5-33-26(32)22-20-14-34-24(27-23(30)19-9-7-6-8-16(19)4)21(20)25(31)29(28-22)18-12-10-17(11-13-18)15(2)3/h6-15H,5H2,1-4H3,(H,27,30). The van der Waals surface area contributed by atoms with Gasteiger partial charge in [-0.25, -0.2) is 4.79 Å². The Hall–Kier alpha value is -3.78. The Labute approximate surface area is 201 Å². The normalized spacial score (nSPS) is 11.1. The van der Waals surface area contributed by atoms with Gasteiger partial charge in [-0.2, -0.15) is 9.78 Å². The number of aromatic nitrogens is 2. The first-order valence-corrected chi connectivity index (χ1v) is 11.9. The minimum absolute atomic E-state index is 0.0250. The van der Waals surface area contributed by atoms with Crippen molar-refractivity contribution >= 4 is 39.0 Å². The average molecular weight is 476 g/mol. The van der Waals surface area contributed by atoms with Crippen LogP contribution in [0.5, 0.6) is 0 Å². The van der Waals surface area contributed by atoms with Crippen LogP contribution in [0.25, 0.3) is 16.5 Å². The number of rotatable bonds is 6. The molecule has 1 N–H and O–H groups in total. The highest BCUT2D eigenvalue weighted by Crippen LogP contribution is 2.31. The van der Waals surface area contributed by atoms with Crippen molar-refractivity contribution < 1.29 is 14.3 Å². The van der Waals surface area contributed by atoms with Gasteiger partial charge in [-0.15, -0.1) is 11.3 Å². The number of esters is 1. The molecule has 34 heavy (non-hydrogen) atoms. The number of aryl methyl sites for hydroxylation is 1. The number of fused-ring (bicyclic) bond motifs is 1. The van der Waals surface area contributed by atoms with Crippen LogP contribution >= 0.6 is 11.3 Å². The van der Waals surface area contributed by atoms with E-state index in [-0.39, 0.29) is 23.6 Å². The predicted molar refractivity (Wildman–Crippen MR) is 134 cm³/mol. The summed E-state index contributed by atoms with van der Waals surface area (Å²) in [6.45, 7) is 7.89. The Morgan fingerprint density at radius 2 is 1.82 bits per heavy atom. The molecule has 2 heterocycles. The molecule has 0 unspecified atom stereocenters. The highest BCUT2D eigenvalue weighted by Gasteiger charge is 2.23. The molecule has 2 aromatic heterocycles. The van der Waals surface area contributed by atoms with Crippen LogP contribution in [0.2, 0.25) is 0 Å². The fourth-order valence-corrected chi connectivity index (χ4v) is 4.60. The largest absolute Gasteiger partial charge is 0.461 e. The van der Waals surface area contributed by atoms with E-state index in [1.165, 1.54) is 16.0 Å². The van der Waals surface area contributed by atoms with Gasteiger partial charge in [-0.05, 0) is 49.1 Å². The van der Waals surface area contributed by atoms with Gasteiger partial charge in [-0.1, -0.05) is 44.2 Å². The van der Waals surface area contributed by atoms with Crippen molar-refractivity contribution in [2.75, 3.05) is 11.9 Å². The van der Waals surface area contributed by atoms with E-state index >= 15 is 0 Å². The van der Waals surface area contributed by atoms with Crippen LogP contribution in [0.3, 0.4) is 0 Å². The van der Waals surface area contributed by atoms with Crippen LogP contribution < -0.4 is 10.9 Å². The molecule has 0 radical (unpaired) electrons. The summed E-state index contributed by atoms with van der Waals surface area (Å²) in [5.74, 6) is -0.630. The van der Waals surface area contributed by atoms with Crippen LogP contribution in [-0.4, -0.2) is 28.3 Å². The molecule has 1 amide bonds. The van der Waals surface area contributed by atoms with Crippen molar-refractivity contribution in [1.82, 2.24) is 9.78 Å². The van der Waals surface area contributed by atoms with Crippen LogP contribution in [0.4, 0.5) is 5.00 Å². The molecule has 2 aromatic carbocycles. The first kappa shape index (κ1) is 23.4. The first-order chi connectivity index (χ1) is 16.3. The first-order valence-electron chi connectivity index (χ1n) is 11.0. The lowest BCUT2D eigenvalue weighted by Crippen LogP contribution is -2.25. The topological polar surface area (TPSA) is 90.3 Å². The van der Waals surface area contributed by atoms with E-state index in [0.717, 1.165) is 11.1 Å². The summed E-state index contributed by atoms with van der Waals surface area (Å²) < 4.78 is 6.38. The molecule has 0 aliphatic heterocycles. The second-order valence-corrected chi connectivity index (χ2v) is 9.03. The van der Waals surface area contributed by atoms with Crippen molar-refractivity contribution in [3.63, 3.8) is 0 Å². The highest BCUT2D eigenvalue weighted by molar-refractivity contribution is 7.16. The molecule has 0 fully saturated rings. The van der Waals surface area contributed by atoms with Gasteiger partial charge in [0.25, 0.3) is 11.5 Å². The Morgan fingerprint density at radius 3 is 2.47 bits per heavy atom. The molecular weight excluding hydrogens is 450 g/mol. The van der Waals surface area contributed by atoms with Crippen molar-refractivity contribution in [1.29, 1.82) is 0 Å². The summed E-state index contributed by atoms with van der Waals surface area (Å²) in [4.78, 5) is 39.2. The molecule has 0 saturated carbocycles. The zero-order chi connectivity index (χ0) is 24.4. The van der Waals surface area contributed by atoms with Gasteiger partial charge in [0.05, 0.1) is 17.7 Å². The number of ether oxygens (including phenoxy) is 1. The maximum absolute atomic E-state index is 13.6. The predicted octanol–water partition coefficient (Wildman–Crippen LogP) is 5.31. The Morgan fingerprint density at radius 1 is 1.12 bits per heavy atom. The summed E-state index contributed by atoms with van der Waals surface area (Å²) in [6, 6.07) is 14.6. The number of nitrogens with zero attached hydrogens (tertiary/aromatic N) is 2. The molecule has 0 aliphatic rings. The van der Waals surface area contributed by atoms with E-state index in [0.29, 0.717) is 27.6 Å². The molecule has 4 rings (SSSR count). The molecule has 7 nitrogen and oxygen atoms in total. The van der Waals surface area contributed by atoms with E-state index < -0.39 is 11.5 Å². The molecule has 0 spiro atoms.